The molecule has 0 saturated heterocycles. The number of pyridine rings is 1. The molecule has 6 nitrogen and oxygen atoms in total. The number of nitrogens with zero attached hydrogens (tertiary/aromatic N) is 1. The number of ether oxygens (including phenoxy) is 1. The van der Waals surface area contributed by atoms with E-state index < -0.39 is 5.97 Å². The number of carboxylic acid groups (broad SMARTS) is 1. The zero-order valence-corrected chi connectivity index (χ0v) is 10.6. The average Bonchev–Trinajstić information content (AvgIpc) is 2.24. The molecule has 0 aliphatic heterocycles. The second-order valence-electron chi connectivity index (χ2n) is 4.77. The van der Waals surface area contributed by atoms with Gasteiger partial charge in [0.15, 0.2) is 6.61 Å². The Kier molecular flexibility index (Phi) is 4.25. The normalized spacial score (nSPS) is 10.8. The van der Waals surface area contributed by atoms with Gasteiger partial charge in [-0.15, -0.1) is 0 Å². The van der Waals surface area contributed by atoms with E-state index in [0.717, 1.165) is 0 Å². The largest absolute Gasteiger partial charge is 0.482 e. The minimum atomic E-state index is -1.10. The van der Waals surface area contributed by atoms with Crippen molar-refractivity contribution in [3.05, 3.63) is 24.0 Å². The fourth-order valence-corrected chi connectivity index (χ4v) is 1.20. The van der Waals surface area contributed by atoms with E-state index in [1.54, 1.807) is 0 Å². The molecule has 6 heteroatoms. The second-order valence-corrected chi connectivity index (χ2v) is 4.77. The lowest BCUT2D eigenvalue weighted by Gasteiger charge is -2.20. The molecular weight excluding hydrogens is 236 g/mol. The van der Waals surface area contributed by atoms with Crippen molar-refractivity contribution in [3.63, 3.8) is 0 Å². The van der Waals surface area contributed by atoms with Gasteiger partial charge in [-0.1, -0.05) is 0 Å². The van der Waals surface area contributed by atoms with Gasteiger partial charge in [-0.2, -0.15) is 0 Å². The minimum Gasteiger partial charge on any atom is -0.482 e. The molecule has 1 amide bonds. The van der Waals surface area contributed by atoms with Crippen LogP contribution in [-0.2, 0) is 4.79 Å². The molecule has 0 spiro atoms. The Morgan fingerprint density at radius 1 is 1.39 bits per heavy atom. The molecule has 1 aromatic heterocycles. The molecule has 1 heterocycles. The van der Waals surface area contributed by atoms with Crippen LogP contribution in [-0.4, -0.2) is 34.1 Å². The van der Waals surface area contributed by atoms with Gasteiger partial charge >= 0.3 is 5.97 Å². The molecule has 98 valence electrons. The van der Waals surface area contributed by atoms with E-state index in [-0.39, 0.29) is 23.7 Å². The first-order valence-electron chi connectivity index (χ1n) is 5.41. The predicted molar refractivity (Wildman–Crippen MR) is 64.6 cm³/mol. The van der Waals surface area contributed by atoms with Crippen LogP contribution in [0.3, 0.4) is 0 Å². The fraction of sp³-hybridized carbons (Fsp3) is 0.417. The van der Waals surface area contributed by atoms with Gasteiger partial charge in [0, 0.05) is 5.54 Å². The maximum absolute atomic E-state index is 11.5. The highest BCUT2D eigenvalue weighted by molar-refractivity contribution is 5.85. The SMILES string of the molecule is CC(C)(C)NC(=O)COc1ccc(C(=O)O)nc1. The third-order valence-electron chi connectivity index (χ3n) is 1.84. The number of hydrogen-bond acceptors (Lipinski definition) is 4. The van der Waals surface area contributed by atoms with Crippen molar-refractivity contribution >= 4 is 11.9 Å². The zero-order valence-electron chi connectivity index (χ0n) is 10.6. The Morgan fingerprint density at radius 3 is 2.50 bits per heavy atom. The van der Waals surface area contributed by atoms with E-state index in [0.29, 0.717) is 5.75 Å². The number of rotatable bonds is 4. The third kappa shape index (κ3) is 4.82. The van der Waals surface area contributed by atoms with Crippen LogP contribution < -0.4 is 10.1 Å². The Balaban J connectivity index is 2.49. The quantitative estimate of drug-likeness (QED) is 0.836. The zero-order chi connectivity index (χ0) is 13.8. The number of carbonyl (C=O) groups is 2. The number of hydrogen-bond donors (Lipinski definition) is 2. The van der Waals surface area contributed by atoms with Crippen molar-refractivity contribution in [3.8, 4) is 5.75 Å². The lowest BCUT2D eigenvalue weighted by Crippen LogP contribution is -2.43. The molecule has 0 aliphatic carbocycles. The van der Waals surface area contributed by atoms with E-state index in [9.17, 15) is 9.59 Å². The van der Waals surface area contributed by atoms with E-state index in [2.05, 4.69) is 10.3 Å². The second kappa shape index (κ2) is 5.48. The Hall–Kier alpha value is -2.11. The van der Waals surface area contributed by atoms with E-state index in [1.807, 2.05) is 20.8 Å². The Bertz CT molecular complexity index is 434. The molecule has 0 saturated carbocycles. The molecule has 18 heavy (non-hydrogen) atoms. The number of nitrogens with one attached hydrogen (secondary N) is 1. The maximum atomic E-state index is 11.5. The molecule has 1 aromatic rings. The number of carbonyl (C=O) groups excluding carboxylic acids is 1. The van der Waals surface area contributed by atoms with Crippen LogP contribution in [0.25, 0.3) is 0 Å². The van der Waals surface area contributed by atoms with Gasteiger partial charge in [0.25, 0.3) is 5.91 Å². The molecule has 2 N–H and O–H groups in total. The molecule has 0 bridgehead atoms. The van der Waals surface area contributed by atoms with Crippen LogP contribution in [0.1, 0.15) is 31.3 Å². The first-order chi connectivity index (χ1) is 8.28. The summed E-state index contributed by atoms with van der Waals surface area (Å²) in [6.45, 7) is 5.47. The van der Waals surface area contributed by atoms with Gasteiger partial charge < -0.3 is 15.2 Å². The summed E-state index contributed by atoms with van der Waals surface area (Å²) in [5, 5.41) is 11.4. The molecule has 0 fully saturated rings. The average molecular weight is 252 g/mol. The van der Waals surface area contributed by atoms with Crippen LogP contribution in [0.4, 0.5) is 0 Å². The van der Waals surface area contributed by atoms with Crippen LogP contribution >= 0.6 is 0 Å². The molecule has 0 atom stereocenters. The topological polar surface area (TPSA) is 88.5 Å². The highest BCUT2D eigenvalue weighted by Crippen LogP contribution is 2.09. The van der Waals surface area contributed by atoms with Crippen molar-refractivity contribution in [2.24, 2.45) is 0 Å². The van der Waals surface area contributed by atoms with Crippen molar-refractivity contribution in [2.75, 3.05) is 6.61 Å². The predicted octanol–water partition coefficient (Wildman–Crippen LogP) is 1.07. The van der Waals surface area contributed by atoms with Gasteiger partial charge in [-0.05, 0) is 32.9 Å². The van der Waals surface area contributed by atoms with E-state index >= 15 is 0 Å². The lowest BCUT2D eigenvalue weighted by molar-refractivity contribution is -0.124. The third-order valence-corrected chi connectivity index (χ3v) is 1.84. The molecule has 0 aliphatic rings. The summed E-state index contributed by atoms with van der Waals surface area (Å²) in [6, 6.07) is 2.78. The smallest absolute Gasteiger partial charge is 0.354 e. The van der Waals surface area contributed by atoms with Crippen molar-refractivity contribution in [1.29, 1.82) is 0 Å². The van der Waals surface area contributed by atoms with E-state index in [1.165, 1.54) is 18.3 Å². The minimum absolute atomic E-state index is 0.0681. The summed E-state index contributed by atoms with van der Waals surface area (Å²) in [6.07, 6.45) is 1.27. The van der Waals surface area contributed by atoms with Gasteiger partial charge in [0.05, 0.1) is 6.20 Å². The lowest BCUT2D eigenvalue weighted by atomic mass is 10.1. The summed E-state index contributed by atoms with van der Waals surface area (Å²) >= 11 is 0. The summed E-state index contributed by atoms with van der Waals surface area (Å²) in [4.78, 5) is 25.7. The van der Waals surface area contributed by atoms with Gasteiger partial charge in [0.2, 0.25) is 0 Å². The molecule has 0 radical (unpaired) electrons. The first-order valence-corrected chi connectivity index (χ1v) is 5.41. The standard InChI is InChI=1S/C12H16N2O4/c1-12(2,3)14-10(15)7-18-8-4-5-9(11(16)17)13-6-8/h4-6H,7H2,1-3H3,(H,14,15)(H,16,17). The summed E-state index contributed by atoms with van der Waals surface area (Å²) in [7, 11) is 0. The first kappa shape index (κ1) is 14.0. The highest BCUT2D eigenvalue weighted by atomic mass is 16.5. The van der Waals surface area contributed by atoms with Crippen LogP contribution in [0.2, 0.25) is 0 Å². The van der Waals surface area contributed by atoms with Gasteiger partial charge in [0.1, 0.15) is 11.4 Å². The Labute approximate surface area is 105 Å². The van der Waals surface area contributed by atoms with Crippen LogP contribution in [0, 0.1) is 0 Å². The monoisotopic (exact) mass is 252 g/mol. The highest BCUT2D eigenvalue weighted by Gasteiger charge is 2.14. The summed E-state index contributed by atoms with van der Waals surface area (Å²) in [5.74, 6) is -0.999. The van der Waals surface area contributed by atoms with Crippen LogP contribution in [0.15, 0.2) is 18.3 Å². The van der Waals surface area contributed by atoms with E-state index in [4.69, 9.17) is 9.84 Å². The number of aromatic carboxylic acids is 1. The maximum Gasteiger partial charge on any atom is 0.354 e. The molecule has 0 unspecified atom stereocenters. The molecular formula is C12H16N2O4. The number of amides is 1. The number of aromatic nitrogens is 1. The van der Waals surface area contributed by atoms with Crippen molar-refractivity contribution in [1.82, 2.24) is 10.3 Å². The molecule has 1 rings (SSSR count). The Morgan fingerprint density at radius 2 is 2.06 bits per heavy atom. The number of carboxylic acids is 1. The van der Waals surface area contributed by atoms with Crippen LogP contribution in [0.5, 0.6) is 5.75 Å². The summed E-state index contributed by atoms with van der Waals surface area (Å²) < 4.78 is 5.18. The van der Waals surface area contributed by atoms with Gasteiger partial charge in [-0.3, -0.25) is 4.79 Å². The summed E-state index contributed by atoms with van der Waals surface area (Å²) in [5.41, 5.74) is -0.382. The van der Waals surface area contributed by atoms with Gasteiger partial charge in [-0.25, -0.2) is 9.78 Å². The molecule has 0 aromatic carbocycles. The van der Waals surface area contributed by atoms with Crippen molar-refractivity contribution < 1.29 is 19.4 Å². The van der Waals surface area contributed by atoms with Crippen molar-refractivity contribution in [2.45, 2.75) is 26.3 Å². The fourth-order valence-electron chi connectivity index (χ4n) is 1.20.